The van der Waals surface area contributed by atoms with Crippen molar-refractivity contribution in [3.05, 3.63) is 48.3 Å². The van der Waals surface area contributed by atoms with Crippen LogP contribution in [0.4, 0.5) is 0 Å². The van der Waals surface area contributed by atoms with Crippen LogP contribution in [0, 0.1) is 5.92 Å². The van der Waals surface area contributed by atoms with E-state index in [0.29, 0.717) is 13.1 Å². The molecule has 0 spiro atoms. The lowest BCUT2D eigenvalue weighted by molar-refractivity contribution is 0.296. The smallest absolute Gasteiger partial charge is 0.243 e. The Bertz CT molecular complexity index is 758. The van der Waals surface area contributed by atoms with Gasteiger partial charge >= 0.3 is 0 Å². The fourth-order valence-electron chi connectivity index (χ4n) is 3.25. The van der Waals surface area contributed by atoms with Crippen LogP contribution in [-0.4, -0.2) is 30.8 Å². The summed E-state index contributed by atoms with van der Waals surface area (Å²) in [4.78, 5) is 0.208. The van der Waals surface area contributed by atoms with Gasteiger partial charge < -0.3 is 5.73 Å². The van der Waals surface area contributed by atoms with Crippen molar-refractivity contribution in [3.8, 4) is 0 Å². The Morgan fingerprint density at radius 3 is 2.71 bits per heavy atom. The van der Waals surface area contributed by atoms with Crippen LogP contribution in [-0.2, 0) is 16.6 Å². The highest BCUT2D eigenvalue weighted by Crippen LogP contribution is 2.25. The average Bonchev–Trinajstić information content (AvgIpc) is 3.05. The zero-order valence-electron chi connectivity index (χ0n) is 13.6. The van der Waals surface area contributed by atoms with Crippen molar-refractivity contribution in [2.45, 2.75) is 43.2 Å². The molecule has 1 heterocycles. The maximum atomic E-state index is 12.6. The highest BCUT2D eigenvalue weighted by molar-refractivity contribution is 7.89. The Morgan fingerprint density at radius 2 is 1.96 bits per heavy atom. The van der Waals surface area contributed by atoms with Crippen LogP contribution in [0.15, 0.2) is 47.6 Å². The first-order chi connectivity index (χ1) is 11.6. The first-order valence-corrected chi connectivity index (χ1v) is 9.85. The molecule has 2 atom stereocenters. The van der Waals surface area contributed by atoms with Gasteiger partial charge in [0.25, 0.3) is 0 Å². The topological polar surface area (TPSA) is 90.0 Å². The van der Waals surface area contributed by atoms with E-state index < -0.39 is 10.0 Å². The monoisotopic (exact) mass is 348 g/mol. The molecular formula is C17H24N4O2S. The molecule has 0 radical (unpaired) electrons. The molecule has 1 aromatic heterocycles. The van der Waals surface area contributed by atoms with Crippen LogP contribution in [0.25, 0.3) is 0 Å². The number of hydrogen-bond donors (Lipinski definition) is 2. The van der Waals surface area contributed by atoms with Crippen LogP contribution in [0.2, 0.25) is 0 Å². The summed E-state index contributed by atoms with van der Waals surface area (Å²) in [5.41, 5.74) is 6.87. The largest absolute Gasteiger partial charge is 0.330 e. The van der Waals surface area contributed by atoms with Crippen LogP contribution in [0.3, 0.4) is 0 Å². The molecule has 3 N–H and O–H groups in total. The molecule has 0 unspecified atom stereocenters. The van der Waals surface area contributed by atoms with E-state index in [1.165, 1.54) is 6.20 Å². The SMILES string of the molecule is NC[C@@H]1CCCC[C@@H]1NS(=O)(=O)c1cnn(Cc2ccccc2)c1. The highest BCUT2D eigenvalue weighted by Gasteiger charge is 2.29. The maximum absolute atomic E-state index is 12.6. The van der Waals surface area contributed by atoms with Crippen LogP contribution in [0.1, 0.15) is 31.2 Å². The minimum Gasteiger partial charge on any atom is -0.330 e. The second kappa shape index (κ2) is 7.46. The molecule has 0 aliphatic heterocycles. The number of nitrogens with two attached hydrogens (primary N) is 1. The van der Waals surface area contributed by atoms with E-state index in [1.54, 1.807) is 10.9 Å². The molecule has 1 saturated carbocycles. The maximum Gasteiger partial charge on any atom is 0.243 e. The summed E-state index contributed by atoms with van der Waals surface area (Å²) in [5, 5.41) is 4.18. The van der Waals surface area contributed by atoms with Crippen molar-refractivity contribution in [2.24, 2.45) is 11.7 Å². The van der Waals surface area contributed by atoms with Crippen molar-refractivity contribution in [1.82, 2.24) is 14.5 Å². The Labute approximate surface area is 143 Å². The summed E-state index contributed by atoms with van der Waals surface area (Å²) in [6.45, 7) is 1.06. The van der Waals surface area contributed by atoms with Crippen molar-refractivity contribution in [1.29, 1.82) is 0 Å². The number of aromatic nitrogens is 2. The van der Waals surface area contributed by atoms with Gasteiger partial charge in [-0.15, -0.1) is 0 Å². The van der Waals surface area contributed by atoms with Gasteiger partial charge in [0.2, 0.25) is 10.0 Å². The molecule has 1 aliphatic rings. The van der Waals surface area contributed by atoms with Gasteiger partial charge in [0.1, 0.15) is 4.90 Å². The number of nitrogens with zero attached hydrogens (tertiary/aromatic N) is 2. The Hall–Kier alpha value is -1.70. The van der Waals surface area contributed by atoms with E-state index in [0.717, 1.165) is 31.2 Å². The fraction of sp³-hybridized carbons (Fsp3) is 0.471. The van der Waals surface area contributed by atoms with Gasteiger partial charge in [-0.3, -0.25) is 4.68 Å². The number of hydrogen-bond acceptors (Lipinski definition) is 4. The van der Waals surface area contributed by atoms with Gasteiger partial charge in [-0.2, -0.15) is 5.10 Å². The molecule has 1 fully saturated rings. The Kier molecular flexibility index (Phi) is 5.33. The fourth-order valence-corrected chi connectivity index (χ4v) is 4.54. The Morgan fingerprint density at radius 1 is 1.21 bits per heavy atom. The molecule has 1 aliphatic carbocycles. The molecule has 2 aromatic rings. The zero-order valence-corrected chi connectivity index (χ0v) is 14.5. The standard InChI is InChI=1S/C17H24N4O2S/c18-10-15-8-4-5-9-17(15)20-24(22,23)16-11-19-21(13-16)12-14-6-2-1-3-7-14/h1-3,6-7,11,13,15,17,20H,4-5,8-10,12,18H2/t15-,17-/m0/s1. The zero-order chi connectivity index (χ0) is 17.0. The third-order valence-corrected chi connectivity index (χ3v) is 6.07. The summed E-state index contributed by atoms with van der Waals surface area (Å²) in [6, 6.07) is 9.75. The molecule has 130 valence electrons. The minimum atomic E-state index is -3.56. The summed E-state index contributed by atoms with van der Waals surface area (Å²) >= 11 is 0. The van der Waals surface area contributed by atoms with Crippen molar-refractivity contribution >= 4 is 10.0 Å². The number of benzene rings is 1. The van der Waals surface area contributed by atoms with Gasteiger partial charge in [0.05, 0.1) is 12.7 Å². The van der Waals surface area contributed by atoms with E-state index in [4.69, 9.17) is 5.73 Å². The molecule has 0 saturated heterocycles. The van der Waals surface area contributed by atoms with Gasteiger partial charge in [-0.05, 0) is 30.9 Å². The van der Waals surface area contributed by atoms with E-state index in [-0.39, 0.29) is 16.9 Å². The highest BCUT2D eigenvalue weighted by atomic mass is 32.2. The van der Waals surface area contributed by atoms with Crippen LogP contribution < -0.4 is 10.5 Å². The minimum absolute atomic E-state index is 0.0776. The molecule has 0 amide bonds. The number of nitrogens with one attached hydrogen (secondary N) is 1. The summed E-state index contributed by atoms with van der Waals surface area (Å²) < 4.78 is 29.7. The lowest BCUT2D eigenvalue weighted by atomic mass is 9.85. The van der Waals surface area contributed by atoms with Gasteiger partial charge in [0.15, 0.2) is 0 Å². The van der Waals surface area contributed by atoms with Crippen molar-refractivity contribution in [3.63, 3.8) is 0 Å². The van der Waals surface area contributed by atoms with E-state index in [2.05, 4.69) is 9.82 Å². The third-order valence-electron chi connectivity index (χ3n) is 4.63. The molecule has 0 bridgehead atoms. The van der Waals surface area contributed by atoms with Crippen LogP contribution >= 0.6 is 0 Å². The van der Waals surface area contributed by atoms with E-state index >= 15 is 0 Å². The van der Waals surface area contributed by atoms with Gasteiger partial charge in [-0.25, -0.2) is 13.1 Å². The lowest BCUT2D eigenvalue weighted by Crippen LogP contribution is -2.44. The molecule has 24 heavy (non-hydrogen) atoms. The normalized spacial score (nSPS) is 21.7. The average molecular weight is 348 g/mol. The molecule has 1 aromatic carbocycles. The van der Waals surface area contributed by atoms with Gasteiger partial charge in [-0.1, -0.05) is 43.2 Å². The third kappa shape index (κ3) is 4.03. The van der Waals surface area contributed by atoms with Crippen molar-refractivity contribution < 1.29 is 8.42 Å². The second-order valence-corrected chi connectivity index (χ2v) is 8.08. The second-order valence-electron chi connectivity index (χ2n) is 6.37. The predicted octanol–water partition coefficient (Wildman–Crippen LogP) is 1.73. The van der Waals surface area contributed by atoms with Crippen LogP contribution in [0.5, 0.6) is 0 Å². The number of rotatable bonds is 6. The molecule has 6 nitrogen and oxygen atoms in total. The van der Waals surface area contributed by atoms with Crippen molar-refractivity contribution in [2.75, 3.05) is 6.54 Å². The Balaban J connectivity index is 1.71. The molecule has 7 heteroatoms. The molecular weight excluding hydrogens is 324 g/mol. The van der Waals surface area contributed by atoms with Gasteiger partial charge in [0, 0.05) is 12.2 Å². The first-order valence-electron chi connectivity index (χ1n) is 8.37. The quantitative estimate of drug-likeness (QED) is 0.832. The van der Waals surface area contributed by atoms with E-state index in [9.17, 15) is 8.42 Å². The lowest BCUT2D eigenvalue weighted by Gasteiger charge is -2.30. The summed E-state index contributed by atoms with van der Waals surface area (Å²) in [6.07, 6.45) is 6.98. The number of sulfonamides is 1. The molecule has 3 rings (SSSR count). The summed E-state index contributed by atoms with van der Waals surface area (Å²) in [7, 11) is -3.56. The predicted molar refractivity (Wildman–Crippen MR) is 92.9 cm³/mol. The van der Waals surface area contributed by atoms with E-state index in [1.807, 2.05) is 30.3 Å². The first kappa shape index (κ1) is 17.1. The summed E-state index contributed by atoms with van der Waals surface area (Å²) in [5.74, 6) is 0.216.